The zero-order valence-corrected chi connectivity index (χ0v) is 49.6. The van der Waals surface area contributed by atoms with E-state index in [9.17, 15) is 38.6 Å². The number of phosphoric ester groups is 1. The summed E-state index contributed by atoms with van der Waals surface area (Å²) in [6, 6.07) is 22.5. The minimum Gasteiger partial charge on any atom is -0.446 e. The lowest BCUT2D eigenvalue weighted by atomic mass is 9.46. The van der Waals surface area contributed by atoms with Crippen molar-refractivity contribution in [3.8, 4) is 16.9 Å². The molecule has 85 heavy (non-hydrogen) atoms. The molecule has 2 saturated heterocycles. The standard InChI is InChI=1S/C67H82N3O14P/c1-2-3-4-5-6-13-22-60(70-33-29-49(30-34-70)81-63(74)69-55-21-15-14-20-50(55)44-16-9-7-10-17-44)68-32-28-43-23-26-58(84-85(76,77)78)46(35-43)41-79-64(75)80-42-57(73)54-39-66-40-56(72)52-38-65-31-27-48(71)36-47(65)24-25-51(61(52)65)53(66)37-59-67(54,66)83-62(82-59)45-18-11-8-12-19-45/h7,9-10,14-17,20-21,23,26-27,31,35-36,38-39,45,49,51,53,56,59-62,68,72H,2-6,8,11-13,18-19,22,24-25,28-30,32-34,37,40-42H2,1H3,(H,69,74)(H2,76,77,78)/t51-,53-,56-,59+,60?,61+,62+,65+,66-,67+/m0/s1. The second-order valence-electron chi connectivity index (χ2n) is 25.3. The molecule has 0 radical (unpaired) electrons. The molecule has 3 spiro atoms. The molecule has 17 nitrogen and oxygen atoms in total. The van der Waals surface area contributed by atoms with E-state index in [0.717, 1.165) is 105 Å². The molecule has 4 saturated carbocycles. The lowest BCUT2D eigenvalue weighted by Gasteiger charge is -2.58. The normalized spacial score (nSPS) is 29.8. The lowest BCUT2D eigenvalue weighted by Crippen LogP contribution is -2.62. The molecule has 1 unspecified atom stereocenters. The van der Waals surface area contributed by atoms with Gasteiger partial charge in [-0.3, -0.25) is 29.6 Å². The van der Waals surface area contributed by atoms with Crippen molar-refractivity contribution in [2.24, 2.45) is 34.5 Å². The number of unbranched alkanes of at least 4 members (excludes halogenated alkanes) is 5. The van der Waals surface area contributed by atoms with Gasteiger partial charge in [-0.2, -0.15) is 0 Å². The number of carbonyl (C=O) groups is 4. The molecule has 10 atom stereocenters. The van der Waals surface area contributed by atoms with E-state index in [0.29, 0.717) is 49.9 Å². The highest BCUT2D eigenvalue weighted by Crippen LogP contribution is 2.77. The minimum absolute atomic E-state index is 0.00770. The number of phosphoric acid groups is 1. The topological polar surface area (TPSA) is 229 Å². The highest BCUT2D eigenvalue weighted by atomic mass is 31.2. The number of piperidine rings is 1. The van der Waals surface area contributed by atoms with Crippen LogP contribution in [0.15, 0.2) is 120 Å². The molecule has 7 aliphatic carbocycles. The number of Topliss-reactive ketones (excluding diaryl/α,β-unsaturated/α-hetero) is 1. The minimum atomic E-state index is -5.02. The van der Waals surface area contributed by atoms with Crippen molar-refractivity contribution in [3.05, 3.63) is 131 Å². The number of ketones is 2. The first-order chi connectivity index (χ1) is 41.2. The number of fused-ring (bicyclic) bond motifs is 1. The van der Waals surface area contributed by atoms with Crippen molar-refractivity contribution in [1.29, 1.82) is 0 Å². The van der Waals surface area contributed by atoms with Crippen LogP contribution < -0.4 is 15.2 Å². The first-order valence-corrected chi connectivity index (χ1v) is 32.9. The molecule has 1 amide bonds. The number of para-hydroxylation sites is 1. The number of ether oxygens (including phenoxy) is 5. The summed E-state index contributed by atoms with van der Waals surface area (Å²) < 4.78 is 48.4. The van der Waals surface area contributed by atoms with Crippen LogP contribution in [0.1, 0.15) is 134 Å². The van der Waals surface area contributed by atoms with E-state index in [-0.39, 0.29) is 53.0 Å². The van der Waals surface area contributed by atoms with Gasteiger partial charge in [-0.05, 0) is 123 Å². The first-order valence-electron chi connectivity index (χ1n) is 31.4. The third-order valence-corrected chi connectivity index (χ3v) is 20.8. The Balaban J connectivity index is 0.679. The largest absolute Gasteiger partial charge is 0.524 e. The molecule has 3 aromatic carbocycles. The molecule has 0 bridgehead atoms. The SMILES string of the molecule is CCCCCCCCC(NCCc1ccc(OP(=O)(O)O)c(COC(=O)OCC(=O)C2=C[C@]34C[C@H](O)C5=C[C@]67C=CC(=O)C=C6CC[C@H]([C@H]57)[C@@H]3C[C@H]3O[C@@H](C5CCCCC5)O[C@]234)c1)N1CCC(OC(=O)Nc2ccccc2-c2ccccc2)CC1. The summed E-state index contributed by atoms with van der Waals surface area (Å²) in [6.45, 7) is 3.14. The molecule has 0 aromatic heterocycles. The highest BCUT2D eigenvalue weighted by Gasteiger charge is 2.80. The molecule has 2 aliphatic heterocycles. The van der Waals surface area contributed by atoms with Crippen LogP contribution >= 0.6 is 7.82 Å². The van der Waals surface area contributed by atoms with Gasteiger partial charge in [-0.1, -0.05) is 143 Å². The Kier molecular flexibility index (Phi) is 17.6. The molecule has 12 rings (SSSR count). The number of amides is 1. The van der Waals surface area contributed by atoms with Crippen LogP contribution in [0.4, 0.5) is 15.3 Å². The Morgan fingerprint density at radius 2 is 1.67 bits per heavy atom. The Morgan fingerprint density at radius 3 is 2.47 bits per heavy atom. The number of hydrogen-bond donors (Lipinski definition) is 5. The van der Waals surface area contributed by atoms with Crippen molar-refractivity contribution in [2.45, 2.75) is 172 Å². The summed E-state index contributed by atoms with van der Waals surface area (Å²) in [4.78, 5) is 76.0. The molecule has 2 heterocycles. The summed E-state index contributed by atoms with van der Waals surface area (Å²) in [7, 11) is -5.02. The summed E-state index contributed by atoms with van der Waals surface area (Å²) in [6.07, 6.45) is 23.7. The van der Waals surface area contributed by atoms with Crippen LogP contribution in [0.5, 0.6) is 5.75 Å². The number of carbonyl (C=O) groups excluding carboxylic acids is 4. The summed E-state index contributed by atoms with van der Waals surface area (Å²) in [5, 5.41) is 18.9. The number of benzene rings is 3. The maximum atomic E-state index is 14.6. The average Bonchev–Trinajstić information content (AvgIpc) is 1.49. The molecule has 18 heteroatoms. The number of likely N-dealkylation sites (tertiary alicyclic amines) is 1. The predicted octanol–water partition coefficient (Wildman–Crippen LogP) is 11.8. The fourth-order valence-corrected chi connectivity index (χ4v) is 16.9. The van der Waals surface area contributed by atoms with Gasteiger partial charge in [-0.15, -0.1) is 0 Å². The molecule has 454 valence electrons. The van der Waals surface area contributed by atoms with Gasteiger partial charge in [0.25, 0.3) is 0 Å². The second kappa shape index (κ2) is 25.2. The van der Waals surface area contributed by atoms with Crippen molar-refractivity contribution >= 4 is 37.3 Å². The Bertz CT molecular complexity index is 3160. The van der Waals surface area contributed by atoms with Gasteiger partial charge >= 0.3 is 20.1 Å². The maximum Gasteiger partial charge on any atom is 0.524 e. The van der Waals surface area contributed by atoms with Gasteiger partial charge in [0.15, 0.2) is 24.5 Å². The summed E-state index contributed by atoms with van der Waals surface area (Å²) >= 11 is 0. The van der Waals surface area contributed by atoms with Gasteiger partial charge in [0.05, 0.1) is 24.1 Å². The van der Waals surface area contributed by atoms with E-state index < -0.39 is 74.0 Å². The van der Waals surface area contributed by atoms with E-state index in [1.807, 2.05) is 66.7 Å². The fraction of sp³-hybridized carbons (Fsp3) is 0.552. The smallest absolute Gasteiger partial charge is 0.446 e. The fourth-order valence-electron chi connectivity index (χ4n) is 16.5. The van der Waals surface area contributed by atoms with Crippen molar-refractivity contribution in [1.82, 2.24) is 10.2 Å². The molecular formula is C67H82N3O14P. The third-order valence-electron chi connectivity index (χ3n) is 20.4. The Hall–Kier alpha value is -5.75. The van der Waals surface area contributed by atoms with Gasteiger partial charge < -0.3 is 38.6 Å². The molecular weight excluding hydrogens is 1100 g/mol. The quantitative estimate of drug-likeness (QED) is 0.0257. The number of nitrogens with zero attached hydrogens (tertiary/aromatic N) is 1. The van der Waals surface area contributed by atoms with Crippen molar-refractivity contribution < 1.29 is 66.8 Å². The van der Waals surface area contributed by atoms with E-state index in [4.69, 9.17) is 28.2 Å². The number of anilines is 1. The summed E-state index contributed by atoms with van der Waals surface area (Å²) in [5.74, 6) is -0.220. The molecule has 9 aliphatic rings. The highest BCUT2D eigenvalue weighted by molar-refractivity contribution is 7.46. The number of nitrogens with one attached hydrogen (secondary N) is 2. The van der Waals surface area contributed by atoms with Gasteiger partial charge in [0.1, 0.15) is 24.1 Å². The van der Waals surface area contributed by atoms with Crippen molar-refractivity contribution in [2.75, 3.05) is 31.6 Å². The van der Waals surface area contributed by atoms with Gasteiger partial charge in [0.2, 0.25) is 0 Å². The Labute approximate surface area is 498 Å². The van der Waals surface area contributed by atoms with E-state index >= 15 is 0 Å². The first kappa shape index (κ1) is 59.6. The number of aliphatic hydroxyl groups excluding tert-OH is 1. The van der Waals surface area contributed by atoms with Gasteiger partial charge in [-0.25, -0.2) is 14.2 Å². The van der Waals surface area contributed by atoms with E-state index in [1.54, 1.807) is 24.3 Å². The number of hydrogen-bond acceptors (Lipinski definition) is 14. The predicted molar refractivity (Wildman–Crippen MR) is 318 cm³/mol. The zero-order valence-electron chi connectivity index (χ0n) is 48.7. The van der Waals surface area contributed by atoms with E-state index in [2.05, 4.69) is 28.5 Å². The van der Waals surface area contributed by atoms with Crippen LogP contribution in [0.3, 0.4) is 0 Å². The molecule has 6 fully saturated rings. The van der Waals surface area contributed by atoms with Crippen LogP contribution in [0.25, 0.3) is 11.1 Å². The zero-order chi connectivity index (χ0) is 58.9. The average molecular weight is 1180 g/mol. The number of allylic oxidation sites excluding steroid dienone is 5. The number of aliphatic hydroxyl groups is 1. The number of rotatable bonds is 23. The second-order valence-corrected chi connectivity index (χ2v) is 26.5. The Morgan fingerprint density at radius 1 is 0.894 bits per heavy atom. The lowest BCUT2D eigenvalue weighted by molar-refractivity contribution is -0.174. The van der Waals surface area contributed by atoms with Crippen LogP contribution in [-0.4, -0.2) is 106 Å². The van der Waals surface area contributed by atoms with Crippen LogP contribution in [0.2, 0.25) is 0 Å². The molecule has 3 aromatic rings. The third kappa shape index (κ3) is 11.9. The maximum absolute atomic E-state index is 14.6. The van der Waals surface area contributed by atoms with Crippen LogP contribution in [-0.2, 0) is 50.9 Å². The van der Waals surface area contributed by atoms with Crippen molar-refractivity contribution in [3.63, 3.8) is 0 Å². The van der Waals surface area contributed by atoms with Crippen LogP contribution in [0, 0.1) is 34.5 Å². The monoisotopic (exact) mass is 1180 g/mol. The van der Waals surface area contributed by atoms with E-state index in [1.165, 1.54) is 31.7 Å². The molecule has 5 N–H and O–H groups in total. The summed E-state index contributed by atoms with van der Waals surface area (Å²) in [5.41, 5.74) is 3.86. The van der Waals surface area contributed by atoms with Gasteiger partial charge in [0, 0.05) is 59.0 Å².